The van der Waals surface area contributed by atoms with Gasteiger partial charge in [-0.2, -0.15) is 0 Å². The Hall–Kier alpha value is -2.06. The van der Waals surface area contributed by atoms with E-state index in [1.165, 1.54) is 109 Å². The number of carbonyl (C=O) groups is 1. The maximum Gasteiger partial charge on any atom is 0.268 e. The molecule has 0 spiro atoms. The number of nitrogens with zero attached hydrogens (tertiary/aromatic N) is 1. The molecule has 0 radical (unpaired) electrons. The van der Waals surface area contributed by atoms with Crippen molar-refractivity contribution in [3.63, 3.8) is 0 Å². The van der Waals surface area contributed by atoms with Crippen molar-refractivity contribution in [1.82, 2.24) is 5.32 Å². The van der Waals surface area contributed by atoms with Gasteiger partial charge in [-0.3, -0.25) is 9.36 Å². The third kappa shape index (κ3) is 47.7. The molecule has 0 aromatic carbocycles. The molecule has 63 heavy (non-hydrogen) atoms. The van der Waals surface area contributed by atoms with Crippen LogP contribution in [-0.2, 0) is 18.4 Å². The number of quaternary nitrogens is 1. The minimum atomic E-state index is -4.55. The number of phosphoric ester groups is 1. The first-order valence-electron chi connectivity index (χ1n) is 25.8. The van der Waals surface area contributed by atoms with Gasteiger partial charge in [0.05, 0.1) is 39.9 Å². The van der Waals surface area contributed by atoms with Crippen molar-refractivity contribution in [1.29, 1.82) is 0 Å². The Morgan fingerprint density at radius 2 is 0.968 bits per heavy atom. The molecule has 366 valence electrons. The van der Waals surface area contributed by atoms with Crippen molar-refractivity contribution in [2.24, 2.45) is 0 Å². The summed E-state index contributed by atoms with van der Waals surface area (Å²) in [6, 6.07) is -0.799. The number of rotatable bonds is 46. The number of nitrogens with one attached hydrogen (secondary N) is 1. The molecule has 0 aromatic heterocycles. The predicted molar refractivity (Wildman–Crippen MR) is 270 cm³/mol. The molecule has 0 saturated heterocycles. The Kier molecular flexibility index (Phi) is 43.6. The zero-order chi connectivity index (χ0) is 46.4. The number of amides is 1. The van der Waals surface area contributed by atoms with Gasteiger partial charge in [-0.1, -0.05) is 215 Å². The molecule has 0 aromatic rings. The van der Waals surface area contributed by atoms with Crippen LogP contribution in [0.25, 0.3) is 0 Å². The van der Waals surface area contributed by atoms with E-state index in [2.05, 4.69) is 92.1 Å². The van der Waals surface area contributed by atoms with Crippen molar-refractivity contribution in [3.8, 4) is 0 Å². The van der Waals surface area contributed by atoms with Crippen molar-refractivity contribution in [3.05, 3.63) is 72.9 Å². The van der Waals surface area contributed by atoms with Crippen LogP contribution in [0.5, 0.6) is 0 Å². The van der Waals surface area contributed by atoms with Crippen LogP contribution in [0.4, 0.5) is 0 Å². The maximum absolute atomic E-state index is 12.8. The smallest absolute Gasteiger partial charge is 0.268 e. The summed E-state index contributed by atoms with van der Waals surface area (Å²) in [7, 11) is 1.30. The Balaban J connectivity index is 3.86. The Bertz CT molecular complexity index is 1250. The molecule has 0 fully saturated rings. The first-order valence-corrected chi connectivity index (χ1v) is 27.2. The summed E-state index contributed by atoms with van der Waals surface area (Å²) in [5.74, 6) is -0.172. The molecule has 3 atom stereocenters. The lowest BCUT2D eigenvalue weighted by molar-refractivity contribution is -0.870. The number of likely N-dealkylation sites (N-methyl/N-ethyl adjacent to an activating group) is 1. The molecule has 0 aliphatic heterocycles. The molecule has 0 aliphatic carbocycles. The second kappa shape index (κ2) is 45.1. The molecular formula is C54H99N2O6P. The van der Waals surface area contributed by atoms with Gasteiger partial charge in [-0.15, -0.1) is 0 Å². The van der Waals surface area contributed by atoms with E-state index in [1.54, 1.807) is 0 Å². The topological polar surface area (TPSA) is 108 Å². The largest absolute Gasteiger partial charge is 0.756 e. The van der Waals surface area contributed by atoms with E-state index < -0.39 is 20.0 Å². The van der Waals surface area contributed by atoms with Crippen LogP contribution in [0.1, 0.15) is 213 Å². The second-order valence-electron chi connectivity index (χ2n) is 18.5. The normalized spacial score (nSPS) is 14.7. The molecule has 2 N–H and O–H groups in total. The zero-order valence-corrected chi connectivity index (χ0v) is 42.4. The van der Waals surface area contributed by atoms with Crippen molar-refractivity contribution >= 4 is 13.7 Å². The van der Waals surface area contributed by atoms with Gasteiger partial charge in [0.1, 0.15) is 13.2 Å². The van der Waals surface area contributed by atoms with Crippen molar-refractivity contribution < 1.29 is 32.9 Å². The number of hydrogen-bond donors (Lipinski definition) is 2. The Morgan fingerprint density at radius 1 is 0.571 bits per heavy atom. The highest BCUT2D eigenvalue weighted by Crippen LogP contribution is 2.38. The minimum absolute atomic E-state index is 0.0100. The van der Waals surface area contributed by atoms with Gasteiger partial charge >= 0.3 is 0 Å². The number of hydrogen-bond acceptors (Lipinski definition) is 6. The van der Waals surface area contributed by atoms with Crippen LogP contribution >= 0.6 is 7.82 Å². The van der Waals surface area contributed by atoms with Crippen molar-refractivity contribution in [2.45, 2.75) is 225 Å². The van der Waals surface area contributed by atoms with E-state index in [1.807, 2.05) is 21.1 Å². The van der Waals surface area contributed by atoms with Crippen LogP contribution in [0, 0.1) is 0 Å². The van der Waals surface area contributed by atoms with Gasteiger partial charge in [0.25, 0.3) is 7.82 Å². The lowest BCUT2D eigenvalue weighted by atomic mass is 10.0. The molecule has 3 unspecified atom stereocenters. The summed E-state index contributed by atoms with van der Waals surface area (Å²) >= 11 is 0. The monoisotopic (exact) mass is 903 g/mol. The zero-order valence-electron chi connectivity index (χ0n) is 41.5. The molecule has 9 heteroatoms. The second-order valence-corrected chi connectivity index (χ2v) is 19.9. The third-order valence-electron chi connectivity index (χ3n) is 11.2. The molecule has 0 rings (SSSR count). The number of carbonyl (C=O) groups excluding carboxylic acids is 1. The summed E-state index contributed by atoms with van der Waals surface area (Å²) in [5.41, 5.74) is 0. The summed E-state index contributed by atoms with van der Waals surface area (Å²) in [4.78, 5) is 25.2. The van der Waals surface area contributed by atoms with Gasteiger partial charge in [0.15, 0.2) is 0 Å². The van der Waals surface area contributed by atoms with Crippen LogP contribution in [0.3, 0.4) is 0 Å². The van der Waals surface area contributed by atoms with Gasteiger partial charge < -0.3 is 28.8 Å². The van der Waals surface area contributed by atoms with E-state index in [-0.39, 0.29) is 19.1 Å². The molecule has 0 bridgehead atoms. The summed E-state index contributed by atoms with van der Waals surface area (Å²) in [6.07, 6.45) is 61.1. The fourth-order valence-corrected chi connectivity index (χ4v) is 7.88. The fraction of sp³-hybridized carbons (Fsp3) is 0.759. The molecule has 8 nitrogen and oxygen atoms in total. The quantitative estimate of drug-likeness (QED) is 0.0273. The number of aliphatic hydroxyl groups excluding tert-OH is 1. The minimum Gasteiger partial charge on any atom is -0.756 e. The molecule has 1 amide bonds. The fourth-order valence-electron chi connectivity index (χ4n) is 7.16. The summed E-state index contributed by atoms with van der Waals surface area (Å²) in [5, 5.41) is 13.8. The van der Waals surface area contributed by atoms with E-state index in [0.717, 1.165) is 77.0 Å². The highest BCUT2D eigenvalue weighted by atomic mass is 31.2. The summed E-state index contributed by atoms with van der Waals surface area (Å²) in [6.45, 7) is 4.53. The predicted octanol–water partition coefficient (Wildman–Crippen LogP) is 14.5. The van der Waals surface area contributed by atoms with E-state index in [4.69, 9.17) is 9.05 Å². The molecule has 0 aliphatic rings. The van der Waals surface area contributed by atoms with E-state index in [9.17, 15) is 19.4 Å². The van der Waals surface area contributed by atoms with Crippen LogP contribution in [-0.4, -0.2) is 68.5 Å². The average Bonchev–Trinajstić information content (AvgIpc) is 3.24. The Labute approximate surface area is 389 Å². The summed E-state index contributed by atoms with van der Waals surface area (Å²) < 4.78 is 23.1. The lowest BCUT2D eigenvalue weighted by Gasteiger charge is -2.30. The first kappa shape index (κ1) is 60.9. The number of aliphatic hydroxyl groups is 1. The van der Waals surface area contributed by atoms with Gasteiger partial charge in [0, 0.05) is 6.42 Å². The highest BCUT2D eigenvalue weighted by Gasteiger charge is 2.24. The standard InChI is InChI=1S/C54H99N2O6P/c1-6-8-10-12-14-15-16-17-18-19-20-21-22-23-24-25-26-27-28-29-30-31-32-33-34-35-36-37-38-39-40-41-42-44-46-48-54(58)55-52(53(57)47-45-43-13-11-9-7-2)51-62-63(59,60)61-50-49-56(3,4)5/h8,10,14-15,17-18,20-21,23-24,26-27,52-53,57H,6-7,9,11-13,16,19,22,25,28-51H2,1-5H3,(H-,55,58,59,60)/b10-8-,15-14-,18-17-,21-20-,24-23-,27-26-. The van der Waals surface area contributed by atoms with Crippen LogP contribution < -0.4 is 10.2 Å². The van der Waals surface area contributed by atoms with Crippen molar-refractivity contribution in [2.75, 3.05) is 40.9 Å². The molecular weight excluding hydrogens is 804 g/mol. The van der Waals surface area contributed by atoms with Gasteiger partial charge in [-0.25, -0.2) is 0 Å². The van der Waals surface area contributed by atoms with E-state index in [0.29, 0.717) is 23.9 Å². The lowest BCUT2D eigenvalue weighted by Crippen LogP contribution is -2.46. The van der Waals surface area contributed by atoms with E-state index >= 15 is 0 Å². The Morgan fingerprint density at radius 3 is 1.41 bits per heavy atom. The number of unbranched alkanes of at least 4 members (excludes halogenated alkanes) is 21. The van der Waals surface area contributed by atoms with Gasteiger partial charge in [0.2, 0.25) is 5.91 Å². The number of phosphoric acid groups is 1. The first-order chi connectivity index (χ1) is 30.5. The van der Waals surface area contributed by atoms with Crippen LogP contribution in [0.15, 0.2) is 72.9 Å². The highest BCUT2D eigenvalue weighted by molar-refractivity contribution is 7.45. The molecule has 0 saturated carbocycles. The molecule has 0 heterocycles. The van der Waals surface area contributed by atoms with Gasteiger partial charge in [-0.05, 0) is 64.2 Å². The number of allylic oxidation sites excluding steroid dienone is 12. The maximum atomic E-state index is 12.8. The average molecular weight is 903 g/mol. The SMILES string of the molecule is CC/C=C\C/C=C\C/C=C\C/C=C\C/C=C\C/C=C\CCCCCCCCCCCCCCCCCCC(=O)NC(COP(=O)([O-])OCC[N+](C)(C)C)C(O)CCCCCCCC. The van der Waals surface area contributed by atoms with Crippen LogP contribution in [0.2, 0.25) is 0 Å². The third-order valence-corrected chi connectivity index (χ3v) is 12.2.